The molecule has 38 heavy (non-hydrogen) atoms. The number of hydrogen-bond acceptors (Lipinski definition) is 8. The van der Waals surface area contributed by atoms with Crippen LogP contribution >= 0.6 is 0 Å². The molecular weight excluding hydrogens is 506 g/mol. The maximum Gasteiger partial charge on any atom is 0.328 e. The number of nitrogens with two attached hydrogens (primary N) is 1. The normalized spacial score (nSPS) is 14.9. The SMILES string of the molecule is CC(O)C(NC(=O)C(CC(=O)O)NC(=O)C(CC(=O)O)NC(=O)C(N)Cc1c[nH]c2ccccc12)C(=O)O. The number of amides is 3. The number of hydrogen-bond donors (Lipinski definition) is 9. The summed E-state index contributed by atoms with van der Waals surface area (Å²) in [5, 5.41) is 43.9. The number of nitrogens with one attached hydrogen (secondary N) is 4. The Morgan fingerprint density at radius 2 is 1.39 bits per heavy atom. The molecule has 0 fully saturated rings. The minimum atomic E-state index is -1.85. The van der Waals surface area contributed by atoms with Crippen LogP contribution in [0, 0.1) is 0 Å². The van der Waals surface area contributed by atoms with E-state index in [0.717, 1.165) is 17.8 Å². The van der Waals surface area contributed by atoms with Crippen LogP contribution in [0.25, 0.3) is 10.9 Å². The van der Waals surface area contributed by atoms with Gasteiger partial charge in [0.2, 0.25) is 17.7 Å². The molecule has 0 saturated carbocycles. The van der Waals surface area contributed by atoms with Crippen molar-refractivity contribution in [3.8, 4) is 0 Å². The predicted octanol–water partition coefficient (Wildman–Crippen LogP) is -2.09. The van der Waals surface area contributed by atoms with Crippen molar-refractivity contribution in [1.82, 2.24) is 20.9 Å². The Labute approximate surface area is 215 Å². The van der Waals surface area contributed by atoms with Crippen LogP contribution in [0.15, 0.2) is 30.5 Å². The molecule has 1 aromatic heterocycles. The van der Waals surface area contributed by atoms with E-state index in [-0.39, 0.29) is 6.42 Å². The Balaban J connectivity index is 2.15. The second-order valence-corrected chi connectivity index (χ2v) is 8.55. The molecule has 0 saturated heterocycles. The van der Waals surface area contributed by atoms with E-state index in [4.69, 9.17) is 15.9 Å². The zero-order valence-corrected chi connectivity index (χ0v) is 20.2. The summed E-state index contributed by atoms with van der Waals surface area (Å²) in [7, 11) is 0. The summed E-state index contributed by atoms with van der Waals surface area (Å²) in [5.41, 5.74) is 7.49. The molecule has 0 bridgehead atoms. The molecule has 2 aromatic rings. The average Bonchev–Trinajstić information content (AvgIpc) is 3.23. The molecule has 0 spiro atoms. The summed E-state index contributed by atoms with van der Waals surface area (Å²) in [6.45, 7) is 1.07. The van der Waals surface area contributed by atoms with Crippen molar-refractivity contribution in [2.75, 3.05) is 0 Å². The molecule has 0 aliphatic carbocycles. The molecule has 3 amide bonds. The van der Waals surface area contributed by atoms with E-state index < -0.39 is 78.7 Å². The summed E-state index contributed by atoms with van der Waals surface area (Å²) < 4.78 is 0. The van der Waals surface area contributed by atoms with Gasteiger partial charge in [0.15, 0.2) is 6.04 Å². The van der Waals surface area contributed by atoms with E-state index in [1.807, 2.05) is 28.8 Å². The molecule has 15 heteroatoms. The summed E-state index contributed by atoms with van der Waals surface area (Å²) in [6.07, 6.45) is -1.79. The van der Waals surface area contributed by atoms with Crippen LogP contribution in [0.4, 0.5) is 0 Å². The van der Waals surface area contributed by atoms with Gasteiger partial charge >= 0.3 is 17.9 Å². The third-order valence-corrected chi connectivity index (χ3v) is 5.52. The topological polar surface area (TPSA) is 261 Å². The second-order valence-electron chi connectivity index (χ2n) is 8.55. The minimum Gasteiger partial charge on any atom is -0.481 e. The van der Waals surface area contributed by atoms with Crippen LogP contribution in [0.1, 0.15) is 25.3 Å². The van der Waals surface area contributed by atoms with Crippen LogP contribution in [0.3, 0.4) is 0 Å². The highest BCUT2D eigenvalue weighted by Crippen LogP contribution is 2.18. The first-order chi connectivity index (χ1) is 17.8. The standard InChI is InChI=1S/C23H29N5O10/c1-10(29)19(23(37)38)28-22(36)16(8-18(32)33)27-21(35)15(7-17(30)31)26-20(34)13(24)6-11-9-25-14-5-3-2-4-12(11)14/h2-5,9-10,13,15-16,19,25,29H,6-8,24H2,1H3,(H,26,34)(H,27,35)(H,28,36)(H,30,31)(H,32,33)(H,37,38). The van der Waals surface area contributed by atoms with Crippen molar-refractivity contribution < 1.29 is 49.2 Å². The van der Waals surface area contributed by atoms with Gasteiger partial charge in [-0.3, -0.25) is 24.0 Å². The molecule has 0 radical (unpaired) electrons. The third-order valence-electron chi connectivity index (χ3n) is 5.52. The van der Waals surface area contributed by atoms with Gasteiger partial charge in [0.25, 0.3) is 0 Å². The summed E-state index contributed by atoms with van der Waals surface area (Å²) in [4.78, 5) is 74.8. The van der Waals surface area contributed by atoms with E-state index in [9.17, 15) is 39.0 Å². The van der Waals surface area contributed by atoms with Gasteiger partial charge in [-0.1, -0.05) is 18.2 Å². The smallest absolute Gasteiger partial charge is 0.328 e. The number of carbonyl (C=O) groups excluding carboxylic acids is 3. The van der Waals surface area contributed by atoms with Crippen molar-refractivity contribution in [2.45, 2.75) is 56.5 Å². The summed E-state index contributed by atoms with van der Waals surface area (Å²) in [5.74, 6) is -8.01. The van der Waals surface area contributed by atoms with Gasteiger partial charge in [0.1, 0.15) is 12.1 Å². The number of H-pyrrole nitrogens is 1. The molecule has 0 aliphatic heterocycles. The first-order valence-electron chi connectivity index (χ1n) is 11.4. The van der Waals surface area contributed by atoms with Gasteiger partial charge in [0.05, 0.1) is 25.0 Å². The highest BCUT2D eigenvalue weighted by atomic mass is 16.4. The number of benzene rings is 1. The summed E-state index contributed by atoms with van der Waals surface area (Å²) in [6, 6.07) is 0.634. The lowest BCUT2D eigenvalue weighted by atomic mass is 10.0. The van der Waals surface area contributed by atoms with Gasteiger partial charge in [-0.15, -0.1) is 0 Å². The molecule has 15 nitrogen and oxygen atoms in total. The number of aliphatic hydroxyl groups is 1. The second kappa shape index (κ2) is 13.2. The highest BCUT2D eigenvalue weighted by Gasteiger charge is 2.33. The third kappa shape index (κ3) is 8.28. The van der Waals surface area contributed by atoms with Crippen molar-refractivity contribution in [3.63, 3.8) is 0 Å². The molecule has 1 heterocycles. The van der Waals surface area contributed by atoms with E-state index in [0.29, 0.717) is 5.56 Å². The lowest BCUT2D eigenvalue weighted by Crippen LogP contribution is -2.59. The number of aromatic amines is 1. The molecule has 1 aromatic carbocycles. The van der Waals surface area contributed by atoms with Crippen molar-refractivity contribution >= 4 is 46.5 Å². The number of aliphatic carboxylic acids is 3. The van der Waals surface area contributed by atoms with Crippen LogP contribution in [-0.4, -0.2) is 91.3 Å². The fourth-order valence-corrected chi connectivity index (χ4v) is 3.59. The predicted molar refractivity (Wildman–Crippen MR) is 130 cm³/mol. The Hall–Kier alpha value is -4.50. The summed E-state index contributed by atoms with van der Waals surface area (Å²) >= 11 is 0. The largest absolute Gasteiger partial charge is 0.481 e. The molecule has 10 N–H and O–H groups in total. The number of rotatable bonds is 14. The number of aliphatic hydroxyl groups excluding tert-OH is 1. The van der Waals surface area contributed by atoms with Gasteiger partial charge in [-0.2, -0.15) is 0 Å². The van der Waals surface area contributed by atoms with Crippen molar-refractivity contribution in [2.24, 2.45) is 5.73 Å². The van der Waals surface area contributed by atoms with Gasteiger partial charge in [-0.05, 0) is 25.0 Å². The van der Waals surface area contributed by atoms with E-state index >= 15 is 0 Å². The van der Waals surface area contributed by atoms with Gasteiger partial charge in [-0.25, -0.2) is 4.79 Å². The Morgan fingerprint density at radius 3 is 1.92 bits per heavy atom. The molecule has 5 unspecified atom stereocenters. The lowest BCUT2D eigenvalue weighted by molar-refractivity contribution is -0.146. The fraction of sp³-hybridized carbons (Fsp3) is 0.391. The zero-order valence-electron chi connectivity index (χ0n) is 20.2. The highest BCUT2D eigenvalue weighted by molar-refractivity contribution is 5.97. The Morgan fingerprint density at radius 1 is 0.868 bits per heavy atom. The molecular formula is C23H29N5O10. The van der Waals surface area contributed by atoms with Crippen LogP contribution in [0.2, 0.25) is 0 Å². The van der Waals surface area contributed by atoms with E-state index in [1.54, 1.807) is 12.3 Å². The first-order valence-corrected chi connectivity index (χ1v) is 11.4. The minimum absolute atomic E-state index is 0.0389. The quantitative estimate of drug-likeness (QED) is 0.127. The maximum absolute atomic E-state index is 12.8. The Kier molecular flexibility index (Phi) is 10.3. The van der Waals surface area contributed by atoms with E-state index in [1.165, 1.54) is 0 Å². The van der Waals surface area contributed by atoms with E-state index in [2.05, 4.69) is 10.3 Å². The molecule has 2 rings (SSSR count). The molecule has 5 atom stereocenters. The lowest BCUT2D eigenvalue weighted by Gasteiger charge is -2.24. The number of aromatic nitrogens is 1. The number of para-hydroxylation sites is 1. The fourth-order valence-electron chi connectivity index (χ4n) is 3.59. The maximum atomic E-state index is 12.8. The van der Waals surface area contributed by atoms with Crippen LogP contribution < -0.4 is 21.7 Å². The van der Waals surface area contributed by atoms with Gasteiger partial charge in [0, 0.05) is 17.1 Å². The zero-order chi connectivity index (χ0) is 28.6. The number of carboxylic acids is 3. The van der Waals surface area contributed by atoms with Crippen LogP contribution in [0.5, 0.6) is 0 Å². The number of carboxylic acid groups (broad SMARTS) is 3. The first kappa shape index (κ1) is 29.7. The average molecular weight is 536 g/mol. The van der Waals surface area contributed by atoms with Gasteiger partial charge < -0.3 is 47.1 Å². The Bertz CT molecular complexity index is 1210. The van der Waals surface area contributed by atoms with Crippen molar-refractivity contribution in [3.05, 3.63) is 36.0 Å². The van der Waals surface area contributed by atoms with Crippen LogP contribution in [-0.2, 0) is 35.2 Å². The number of carbonyl (C=O) groups is 6. The molecule has 206 valence electrons. The monoisotopic (exact) mass is 535 g/mol. The number of fused-ring (bicyclic) bond motifs is 1. The van der Waals surface area contributed by atoms with Crippen molar-refractivity contribution in [1.29, 1.82) is 0 Å². The molecule has 0 aliphatic rings.